The third kappa shape index (κ3) is 6.14. The number of hydrogen-bond donors (Lipinski definition) is 1. The molecule has 1 heterocycles. The van der Waals surface area contributed by atoms with Gasteiger partial charge < -0.3 is 10.1 Å². The molecule has 1 amide bonds. The molecule has 0 aliphatic heterocycles. The number of hydrogen-bond acceptors (Lipinski definition) is 6. The van der Waals surface area contributed by atoms with Gasteiger partial charge in [-0.2, -0.15) is 18.4 Å². The summed E-state index contributed by atoms with van der Waals surface area (Å²) in [6, 6.07) is 14.5. The largest absolute Gasteiger partial charge is 0.439 e. The van der Waals surface area contributed by atoms with Gasteiger partial charge in [-0.3, -0.25) is 14.9 Å². The second-order valence-corrected chi connectivity index (χ2v) is 6.49. The van der Waals surface area contributed by atoms with Gasteiger partial charge in [0, 0.05) is 17.8 Å². The van der Waals surface area contributed by atoms with Gasteiger partial charge in [0.2, 0.25) is 5.88 Å². The topological polar surface area (TPSA) is 118 Å². The van der Waals surface area contributed by atoms with Gasteiger partial charge in [0.1, 0.15) is 23.6 Å². The van der Waals surface area contributed by atoms with Gasteiger partial charge in [-0.05, 0) is 42.0 Å². The smallest absolute Gasteiger partial charge is 0.416 e. The van der Waals surface area contributed by atoms with Crippen LogP contribution in [0.25, 0.3) is 6.08 Å². The second-order valence-electron chi connectivity index (χ2n) is 6.49. The molecular formula is C22H13F3N4O4. The molecule has 3 rings (SSSR count). The molecule has 0 atom stereocenters. The molecule has 2 aromatic carbocycles. The van der Waals surface area contributed by atoms with Gasteiger partial charge in [-0.1, -0.05) is 18.2 Å². The molecule has 0 radical (unpaired) electrons. The minimum Gasteiger partial charge on any atom is -0.439 e. The summed E-state index contributed by atoms with van der Waals surface area (Å²) in [7, 11) is 0. The van der Waals surface area contributed by atoms with E-state index in [9.17, 15) is 33.3 Å². The Labute approximate surface area is 184 Å². The molecule has 0 aliphatic rings. The quantitative estimate of drug-likeness (QED) is 0.232. The van der Waals surface area contributed by atoms with Crippen LogP contribution >= 0.6 is 0 Å². The Morgan fingerprint density at radius 3 is 2.45 bits per heavy atom. The third-order valence-corrected chi connectivity index (χ3v) is 4.16. The van der Waals surface area contributed by atoms with E-state index in [4.69, 9.17) is 4.74 Å². The number of nitriles is 1. The number of aromatic nitrogens is 1. The van der Waals surface area contributed by atoms with Crippen LogP contribution in [0.5, 0.6) is 11.6 Å². The maximum absolute atomic E-state index is 12.8. The van der Waals surface area contributed by atoms with Gasteiger partial charge in [0.15, 0.2) is 0 Å². The first kappa shape index (κ1) is 23.0. The lowest BCUT2D eigenvalue weighted by Gasteiger charge is -2.09. The minimum atomic E-state index is -4.57. The van der Waals surface area contributed by atoms with Crippen LogP contribution in [-0.2, 0) is 11.0 Å². The van der Waals surface area contributed by atoms with Gasteiger partial charge in [-0.25, -0.2) is 4.98 Å². The number of anilines is 1. The molecule has 0 saturated heterocycles. The second kappa shape index (κ2) is 9.61. The maximum atomic E-state index is 12.8. The molecule has 1 N–H and O–H groups in total. The van der Waals surface area contributed by atoms with Crippen molar-refractivity contribution in [3.05, 3.63) is 93.7 Å². The molecule has 0 fully saturated rings. The molecule has 0 spiro atoms. The van der Waals surface area contributed by atoms with E-state index < -0.39 is 22.6 Å². The number of alkyl halides is 3. The summed E-state index contributed by atoms with van der Waals surface area (Å²) in [5.41, 5.74) is -1.08. The van der Waals surface area contributed by atoms with E-state index in [-0.39, 0.29) is 22.8 Å². The van der Waals surface area contributed by atoms with Crippen molar-refractivity contribution < 1.29 is 27.6 Å². The number of rotatable bonds is 6. The van der Waals surface area contributed by atoms with E-state index in [0.717, 1.165) is 24.4 Å². The molecule has 3 aromatic rings. The van der Waals surface area contributed by atoms with Crippen molar-refractivity contribution in [1.82, 2.24) is 4.98 Å². The molecule has 1 aromatic heterocycles. The van der Waals surface area contributed by atoms with E-state index in [0.29, 0.717) is 11.3 Å². The van der Waals surface area contributed by atoms with Crippen molar-refractivity contribution in [2.75, 3.05) is 5.32 Å². The summed E-state index contributed by atoms with van der Waals surface area (Å²) in [4.78, 5) is 26.2. The SMILES string of the molecule is N#C/C(=C/c1ccc(Oc2ccc([N+](=O)[O-])cn2)cc1)C(=O)Nc1cccc(C(F)(F)F)c1. The van der Waals surface area contributed by atoms with Crippen LogP contribution in [0.15, 0.2) is 72.4 Å². The lowest BCUT2D eigenvalue weighted by Crippen LogP contribution is -2.14. The Morgan fingerprint density at radius 1 is 1.15 bits per heavy atom. The lowest BCUT2D eigenvalue weighted by atomic mass is 10.1. The average molecular weight is 454 g/mol. The van der Waals surface area contributed by atoms with Crippen LogP contribution in [0.1, 0.15) is 11.1 Å². The van der Waals surface area contributed by atoms with Gasteiger partial charge in [-0.15, -0.1) is 0 Å². The highest BCUT2D eigenvalue weighted by molar-refractivity contribution is 6.09. The fraction of sp³-hybridized carbons (Fsp3) is 0.0455. The average Bonchev–Trinajstić information content (AvgIpc) is 2.78. The summed E-state index contributed by atoms with van der Waals surface area (Å²) >= 11 is 0. The van der Waals surface area contributed by atoms with Gasteiger partial charge in [0.25, 0.3) is 11.6 Å². The highest BCUT2D eigenvalue weighted by atomic mass is 19.4. The summed E-state index contributed by atoms with van der Waals surface area (Å²) in [5.74, 6) is -0.394. The lowest BCUT2D eigenvalue weighted by molar-refractivity contribution is -0.385. The molecule has 33 heavy (non-hydrogen) atoms. The van der Waals surface area contributed by atoms with Crippen LogP contribution in [0.4, 0.5) is 24.5 Å². The van der Waals surface area contributed by atoms with Crippen molar-refractivity contribution in [3.8, 4) is 17.7 Å². The van der Waals surface area contributed by atoms with Crippen LogP contribution < -0.4 is 10.1 Å². The first-order chi connectivity index (χ1) is 15.7. The maximum Gasteiger partial charge on any atom is 0.416 e. The number of ether oxygens (including phenoxy) is 1. The standard InChI is InChI=1S/C22H13F3N4O4/c23-22(24,25)16-2-1-3-17(11-16)28-21(30)15(12-26)10-14-4-7-19(8-5-14)33-20-9-6-18(13-27-20)29(31)32/h1-11,13H,(H,28,30)/b15-10-. The zero-order valence-electron chi connectivity index (χ0n) is 16.5. The molecule has 11 heteroatoms. The molecule has 0 unspecified atom stereocenters. The van der Waals surface area contributed by atoms with Gasteiger partial charge in [0.05, 0.1) is 10.5 Å². The van der Waals surface area contributed by atoms with Crippen molar-refractivity contribution >= 4 is 23.4 Å². The number of pyridine rings is 1. The normalized spacial score (nSPS) is 11.4. The predicted molar refractivity (Wildman–Crippen MR) is 111 cm³/mol. The van der Waals surface area contributed by atoms with E-state index in [1.54, 1.807) is 6.07 Å². The molecular weight excluding hydrogens is 441 g/mol. The molecule has 0 aliphatic carbocycles. The number of halogens is 3. The monoisotopic (exact) mass is 454 g/mol. The zero-order valence-corrected chi connectivity index (χ0v) is 16.5. The number of nitrogens with one attached hydrogen (secondary N) is 1. The third-order valence-electron chi connectivity index (χ3n) is 4.16. The Morgan fingerprint density at radius 2 is 1.88 bits per heavy atom. The van der Waals surface area contributed by atoms with Crippen LogP contribution in [0, 0.1) is 21.4 Å². The highest BCUT2D eigenvalue weighted by Crippen LogP contribution is 2.30. The van der Waals surface area contributed by atoms with Crippen LogP contribution in [0.3, 0.4) is 0 Å². The van der Waals surface area contributed by atoms with E-state index in [1.807, 2.05) is 0 Å². The highest BCUT2D eigenvalue weighted by Gasteiger charge is 2.30. The first-order valence-electron chi connectivity index (χ1n) is 9.14. The number of nitrogens with zero attached hydrogens (tertiary/aromatic N) is 3. The predicted octanol–water partition coefficient (Wildman–Crippen LogP) is 5.35. The molecule has 8 nitrogen and oxygen atoms in total. The Bertz CT molecular complexity index is 1250. The van der Waals surface area contributed by atoms with Crippen LogP contribution in [-0.4, -0.2) is 15.8 Å². The Kier molecular flexibility index (Phi) is 6.68. The van der Waals surface area contributed by atoms with Gasteiger partial charge >= 0.3 is 6.18 Å². The van der Waals surface area contributed by atoms with E-state index >= 15 is 0 Å². The van der Waals surface area contributed by atoms with Crippen LogP contribution in [0.2, 0.25) is 0 Å². The summed E-state index contributed by atoms with van der Waals surface area (Å²) in [6.07, 6.45) is -2.26. The summed E-state index contributed by atoms with van der Waals surface area (Å²) in [6.45, 7) is 0. The molecule has 0 saturated carbocycles. The number of carbonyl (C=O) groups excluding carboxylic acids is 1. The number of nitro groups is 1. The van der Waals surface area contributed by atoms with E-state index in [2.05, 4.69) is 10.3 Å². The van der Waals surface area contributed by atoms with Crippen molar-refractivity contribution in [2.45, 2.75) is 6.18 Å². The molecule has 0 bridgehead atoms. The zero-order chi connectivity index (χ0) is 24.0. The number of carbonyl (C=O) groups is 1. The Hall–Kier alpha value is -4.72. The summed E-state index contributed by atoms with van der Waals surface area (Å²) in [5, 5.41) is 22.2. The minimum absolute atomic E-state index is 0.102. The fourth-order valence-electron chi connectivity index (χ4n) is 2.58. The van der Waals surface area contributed by atoms with Crippen molar-refractivity contribution in [3.63, 3.8) is 0 Å². The van der Waals surface area contributed by atoms with Crippen molar-refractivity contribution in [1.29, 1.82) is 5.26 Å². The number of amides is 1. The van der Waals surface area contributed by atoms with E-state index in [1.165, 1.54) is 48.5 Å². The summed E-state index contributed by atoms with van der Waals surface area (Å²) < 4.78 is 43.9. The molecule has 166 valence electrons. The fourth-order valence-corrected chi connectivity index (χ4v) is 2.58. The number of benzene rings is 2. The van der Waals surface area contributed by atoms with Crippen molar-refractivity contribution in [2.24, 2.45) is 0 Å². The first-order valence-corrected chi connectivity index (χ1v) is 9.14. The Balaban J connectivity index is 1.70.